The molecule has 1 rings (SSSR count). The first-order valence-electron chi connectivity index (χ1n) is 8.03. The van der Waals surface area contributed by atoms with Crippen LogP contribution in [0.15, 0.2) is 0 Å². The molecule has 2 amide bonds. The van der Waals surface area contributed by atoms with E-state index in [0.717, 1.165) is 0 Å². The van der Waals surface area contributed by atoms with Crippen LogP contribution in [0.2, 0.25) is 0 Å². The number of carboxylic acid groups (broad SMARTS) is 1. The minimum atomic E-state index is -0.859. The summed E-state index contributed by atoms with van der Waals surface area (Å²) < 4.78 is 0. The maximum absolute atomic E-state index is 12.6. The highest BCUT2D eigenvalue weighted by Gasteiger charge is 2.33. The lowest BCUT2D eigenvalue weighted by atomic mass is 9.95. The Morgan fingerprint density at radius 2 is 1.86 bits per heavy atom. The van der Waals surface area contributed by atoms with Gasteiger partial charge in [-0.15, -0.1) is 0 Å². The molecule has 2 N–H and O–H groups in total. The molecule has 1 aliphatic heterocycles. The van der Waals surface area contributed by atoms with Crippen molar-refractivity contribution in [3.63, 3.8) is 0 Å². The van der Waals surface area contributed by atoms with E-state index in [1.165, 1.54) is 0 Å². The Bertz CT molecular complexity index is 420. The number of hydrogen-bond donors (Lipinski definition) is 2. The van der Waals surface area contributed by atoms with Crippen molar-refractivity contribution in [1.29, 1.82) is 0 Å². The Hall–Kier alpha value is -1.59. The van der Waals surface area contributed by atoms with E-state index >= 15 is 0 Å². The summed E-state index contributed by atoms with van der Waals surface area (Å²) in [5.41, 5.74) is 0. The van der Waals surface area contributed by atoms with Crippen LogP contribution in [0.5, 0.6) is 0 Å². The molecule has 0 aliphatic carbocycles. The molecule has 0 saturated carbocycles. The molecule has 6 nitrogen and oxygen atoms in total. The molecule has 2 atom stereocenters. The number of carboxylic acids is 1. The van der Waals surface area contributed by atoms with Crippen molar-refractivity contribution in [2.75, 3.05) is 13.1 Å². The van der Waals surface area contributed by atoms with Crippen LogP contribution in [0.1, 0.15) is 47.0 Å². The summed E-state index contributed by atoms with van der Waals surface area (Å²) in [6.45, 7) is 8.47. The maximum Gasteiger partial charge on any atom is 0.308 e. The van der Waals surface area contributed by atoms with Gasteiger partial charge in [0.05, 0.1) is 5.92 Å². The van der Waals surface area contributed by atoms with Crippen molar-refractivity contribution >= 4 is 17.8 Å². The SMILES string of the molecule is CC(C)CC(=O)NC(C(=O)N1CCCC(C(=O)O)C1)C(C)C. The minimum Gasteiger partial charge on any atom is -0.481 e. The summed E-state index contributed by atoms with van der Waals surface area (Å²) >= 11 is 0. The minimum absolute atomic E-state index is 0.0335. The third-order valence-corrected chi connectivity index (χ3v) is 3.93. The van der Waals surface area contributed by atoms with Crippen LogP contribution in [0.4, 0.5) is 0 Å². The molecular weight excluding hydrogens is 284 g/mol. The number of amides is 2. The molecule has 0 aromatic carbocycles. The number of likely N-dealkylation sites (tertiary alicyclic amines) is 1. The molecule has 0 aromatic rings. The van der Waals surface area contributed by atoms with Gasteiger partial charge in [0.15, 0.2) is 0 Å². The summed E-state index contributed by atoms with van der Waals surface area (Å²) in [5.74, 6) is -1.46. The normalized spacial score (nSPS) is 20.1. The number of nitrogens with one attached hydrogen (secondary N) is 1. The Labute approximate surface area is 132 Å². The predicted octanol–water partition coefficient (Wildman–Crippen LogP) is 1.50. The molecule has 1 saturated heterocycles. The van der Waals surface area contributed by atoms with Crippen LogP contribution in [-0.2, 0) is 14.4 Å². The topological polar surface area (TPSA) is 86.7 Å². The van der Waals surface area contributed by atoms with Gasteiger partial charge in [0, 0.05) is 19.5 Å². The van der Waals surface area contributed by atoms with Gasteiger partial charge >= 0.3 is 5.97 Å². The monoisotopic (exact) mass is 312 g/mol. The number of carbonyl (C=O) groups excluding carboxylic acids is 2. The van der Waals surface area contributed by atoms with Crippen molar-refractivity contribution < 1.29 is 19.5 Å². The first-order valence-corrected chi connectivity index (χ1v) is 8.03. The molecule has 22 heavy (non-hydrogen) atoms. The Balaban J connectivity index is 2.72. The van der Waals surface area contributed by atoms with E-state index in [1.807, 2.05) is 27.7 Å². The molecule has 126 valence electrons. The number of aliphatic carboxylic acids is 1. The standard InChI is InChI=1S/C16H28N2O4/c1-10(2)8-13(19)17-14(11(3)4)15(20)18-7-5-6-12(9-18)16(21)22/h10-12,14H,5-9H2,1-4H3,(H,17,19)(H,21,22). The fraction of sp³-hybridized carbons (Fsp3) is 0.812. The van der Waals surface area contributed by atoms with Crippen LogP contribution >= 0.6 is 0 Å². The Morgan fingerprint density at radius 1 is 1.23 bits per heavy atom. The fourth-order valence-electron chi connectivity index (χ4n) is 2.69. The highest BCUT2D eigenvalue weighted by Crippen LogP contribution is 2.19. The summed E-state index contributed by atoms with van der Waals surface area (Å²) in [7, 11) is 0. The van der Waals surface area contributed by atoms with Crippen molar-refractivity contribution in [2.45, 2.75) is 53.0 Å². The number of hydrogen-bond acceptors (Lipinski definition) is 3. The molecule has 0 aromatic heterocycles. The van der Waals surface area contributed by atoms with E-state index < -0.39 is 17.9 Å². The second kappa shape index (κ2) is 8.15. The Morgan fingerprint density at radius 3 is 2.36 bits per heavy atom. The third-order valence-electron chi connectivity index (χ3n) is 3.93. The second-order valence-corrected chi connectivity index (χ2v) is 6.85. The van der Waals surface area contributed by atoms with E-state index in [2.05, 4.69) is 5.32 Å². The van der Waals surface area contributed by atoms with Crippen LogP contribution in [0, 0.1) is 17.8 Å². The van der Waals surface area contributed by atoms with Gasteiger partial charge in [-0.25, -0.2) is 0 Å². The molecule has 1 heterocycles. The van der Waals surface area contributed by atoms with Gasteiger partial charge in [-0.1, -0.05) is 27.7 Å². The van der Waals surface area contributed by atoms with Crippen molar-refractivity contribution in [1.82, 2.24) is 10.2 Å². The van der Waals surface area contributed by atoms with E-state index in [-0.39, 0.29) is 30.2 Å². The lowest BCUT2D eigenvalue weighted by molar-refractivity contribution is -0.147. The van der Waals surface area contributed by atoms with E-state index in [1.54, 1.807) is 4.90 Å². The van der Waals surface area contributed by atoms with E-state index in [4.69, 9.17) is 5.11 Å². The quantitative estimate of drug-likeness (QED) is 0.778. The van der Waals surface area contributed by atoms with Gasteiger partial charge in [-0.05, 0) is 24.7 Å². The van der Waals surface area contributed by atoms with E-state index in [9.17, 15) is 14.4 Å². The molecule has 2 unspecified atom stereocenters. The summed E-state index contributed by atoms with van der Waals surface area (Å²) in [5, 5.41) is 11.9. The van der Waals surface area contributed by atoms with Crippen LogP contribution in [-0.4, -0.2) is 46.9 Å². The maximum atomic E-state index is 12.6. The predicted molar refractivity (Wildman–Crippen MR) is 83.2 cm³/mol. The number of piperidine rings is 1. The smallest absolute Gasteiger partial charge is 0.308 e. The first kappa shape index (κ1) is 18.5. The highest BCUT2D eigenvalue weighted by molar-refractivity contribution is 5.88. The third kappa shape index (κ3) is 5.31. The summed E-state index contributed by atoms with van der Waals surface area (Å²) in [6.07, 6.45) is 1.67. The zero-order chi connectivity index (χ0) is 16.9. The first-order chi connectivity index (χ1) is 10.2. The molecule has 0 bridgehead atoms. The van der Waals surface area contributed by atoms with Crippen LogP contribution in [0.3, 0.4) is 0 Å². The summed E-state index contributed by atoms with van der Waals surface area (Å²) in [4.78, 5) is 37.3. The van der Waals surface area contributed by atoms with Crippen LogP contribution in [0.25, 0.3) is 0 Å². The van der Waals surface area contributed by atoms with Gasteiger partial charge in [0.25, 0.3) is 0 Å². The summed E-state index contributed by atoms with van der Waals surface area (Å²) in [6, 6.07) is -0.584. The van der Waals surface area contributed by atoms with Gasteiger partial charge in [0.1, 0.15) is 6.04 Å². The largest absolute Gasteiger partial charge is 0.481 e. The number of nitrogens with zero attached hydrogens (tertiary/aromatic N) is 1. The van der Waals surface area contributed by atoms with E-state index in [0.29, 0.717) is 25.8 Å². The van der Waals surface area contributed by atoms with Gasteiger partial charge in [-0.2, -0.15) is 0 Å². The highest BCUT2D eigenvalue weighted by atomic mass is 16.4. The molecule has 0 spiro atoms. The zero-order valence-corrected chi connectivity index (χ0v) is 14.0. The lowest BCUT2D eigenvalue weighted by Gasteiger charge is -2.34. The lowest BCUT2D eigenvalue weighted by Crippen LogP contribution is -2.54. The second-order valence-electron chi connectivity index (χ2n) is 6.85. The van der Waals surface area contributed by atoms with Crippen molar-refractivity contribution in [3.8, 4) is 0 Å². The molecule has 0 radical (unpaired) electrons. The van der Waals surface area contributed by atoms with Crippen molar-refractivity contribution in [3.05, 3.63) is 0 Å². The Kier molecular flexibility index (Phi) is 6.84. The molecule has 1 fully saturated rings. The van der Waals surface area contributed by atoms with Crippen molar-refractivity contribution in [2.24, 2.45) is 17.8 Å². The van der Waals surface area contributed by atoms with Gasteiger partial charge in [0.2, 0.25) is 11.8 Å². The average molecular weight is 312 g/mol. The number of rotatable bonds is 6. The fourth-order valence-corrected chi connectivity index (χ4v) is 2.69. The zero-order valence-electron chi connectivity index (χ0n) is 14.0. The molecule has 1 aliphatic rings. The van der Waals surface area contributed by atoms with Crippen LogP contribution < -0.4 is 5.32 Å². The molecular formula is C16H28N2O4. The number of carbonyl (C=O) groups is 3. The average Bonchev–Trinajstić information content (AvgIpc) is 2.43. The van der Waals surface area contributed by atoms with Gasteiger partial charge in [-0.3, -0.25) is 14.4 Å². The van der Waals surface area contributed by atoms with Gasteiger partial charge < -0.3 is 15.3 Å². The molecule has 6 heteroatoms.